The van der Waals surface area contributed by atoms with Gasteiger partial charge in [0.25, 0.3) is 0 Å². The molecule has 0 aliphatic heterocycles. The first-order valence-electron chi connectivity index (χ1n) is 1.79. The van der Waals surface area contributed by atoms with Crippen molar-refractivity contribution < 1.29 is 18.0 Å². The first-order valence-corrected chi connectivity index (χ1v) is 4.25. The summed E-state index contributed by atoms with van der Waals surface area (Å²) in [4.78, 5) is 10.1. The summed E-state index contributed by atoms with van der Waals surface area (Å²) in [5.41, 5.74) is -4.46. The smallest absolute Gasteiger partial charge is 0.283 e. The maximum absolute atomic E-state index is 11.2. The summed E-state index contributed by atoms with van der Waals surface area (Å²) in [6.45, 7) is 0. The quantitative estimate of drug-likeness (QED) is 0.677. The number of hydrogen-bond acceptors (Lipinski definition) is 3. The zero-order valence-electron chi connectivity index (χ0n) is 4.24. The van der Waals surface area contributed by atoms with Crippen LogP contribution in [-0.2, 0) is 0 Å². The first-order chi connectivity index (χ1) is 4.45. The van der Waals surface area contributed by atoms with E-state index in [0.717, 1.165) is 0 Å². The molecule has 0 atom stereocenters. The lowest BCUT2D eigenvalue weighted by Gasteiger charge is -2.03. The number of nitrogens with one attached hydrogen (secondary N) is 1. The molecule has 0 bridgehead atoms. The Hall–Kier alpha value is 0.250. The minimum absolute atomic E-state index is 0.167. The van der Waals surface area contributed by atoms with Crippen LogP contribution in [0.1, 0.15) is 0 Å². The molecule has 0 aliphatic carbocycles. The third-order valence-electron chi connectivity index (χ3n) is 0.320. The number of carbonyl (C=O) groups is 1. The van der Waals surface area contributed by atoms with Crippen molar-refractivity contribution in [2.45, 2.75) is 5.51 Å². The van der Waals surface area contributed by atoms with Crippen LogP contribution < -0.4 is 4.72 Å². The van der Waals surface area contributed by atoms with Crippen molar-refractivity contribution in [2.24, 2.45) is 0 Å². The molecule has 0 aromatic carbocycles. The first kappa shape index (κ1) is 10.2. The van der Waals surface area contributed by atoms with E-state index < -0.39 is 22.7 Å². The average Bonchev–Trinajstić information content (AvgIpc) is 1.81. The van der Waals surface area contributed by atoms with E-state index in [0.29, 0.717) is 0 Å². The molecule has 10 heavy (non-hydrogen) atoms. The Labute approximate surface area is 67.5 Å². The molecule has 0 aromatic heterocycles. The van der Waals surface area contributed by atoms with Gasteiger partial charge in [-0.05, 0) is 10.7 Å². The lowest BCUT2D eigenvalue weighted by atomic mass is 11.5. The van der Waals surface area contributed by atoms with E-state index in [9.17, 15) is 18.0 Å². The number of rotatable bonds is 1. The molecular formula is C2HClF3NOS2. The van der Waals surface area contributed by atoms with Crippen molar-refractivity contribution in [3.05, 3.63) is 0 Å². The summed E-state index contributed by atoms with van der Waals surface area (Å²) in [5, 5.41) is -0.941. The molecule has 60 valence electrons. The number of hydrogen-bond donors (Lipinski definition) is 1. The van der Waals surface area contributed by atoms with Crippen LogP contribution in [0.4, 0.5) is 18.0 Å². The maximum Gasteiger partial charge on any atom is 0.461 e. The predicted octanol–water partition coefficient (Wildman–Crippen LogP) is 2.75. The van der Waals surface area contributed by atoms with E-state index in [1.807, 2.05) is 0 Å². The van der Waals surface area contributed by atoms with Gasteiger partial charge in [-0.3, -0.25) is 9.52 Å². The van der Waals surface area contributed by atoms with Crippen LogP contribution in [0.25, 0.3) is 0 Å². The largest absolute Gasteiger partial charge is 0.461 e. The highest BCUT2D eigenvalue weighted by atomic mass is 35.7. The minimum Gasteiger partial charge on any atom is -0.283 e. The van der Waals surface area contributed by atoms with E-state index in [-0.39, 0.29) is 11.0 Å². The van der Waals surface area contributed by atoms with E-state index in [1.54, 1.807) is 0 Å². The predicted molar refractivity (Wildman–Crippen MR) is 35.6 cm³/mol. The number of carbonyl (C=O) groups excluding carboxylic acids is 1. The SMILES string of the molecule is O=C(NSC(F)(F)F)SCl. The molecule has 0 saturated carbocycles. The van der Waals surface area contributed by atoms with Crippen LogP contribution in [-0.4, -0.2) is 10.7 Å². The lowest BCUT2D eigenvalue weighted by Crippen LogP contribution is -2.15. The average molecular weight is 212 g/mol. The van der Waals surface area contributed by atoms with E-state index in [1.165, 1.54) is 4.72 Å². The molecule has 0 fully saturated rings. The van der Waals surface area contributed by atoms with Gasteiger partial charge in [0.2, 0.25) is 0 Å². The van der Waals surface area contributed by atoms with Crippen LogP contribution in [0.15, 0.2) is 0 Å². The summed E-state index contributed by atoms with van der Waals surface area (Å²) < 4.78 is 35.2. The van der Waals surface area contributed by atoms with Gasteiger partial charge in [-0.1, -0.05) is 0 Å². The number of halogens is 4. The Morgan fingerprint density at radius 1 is 1.50 bits per heavy atom. The van der Waals surface area contributed by atoms with Crippen molar-refractivity contribution in [1.29, 1.82) is 0 Å². The summed E-state index contributed by atoms with van der Waals surface area (Å²) >= 11 is -0.639. The van der Waals surface area contributed by atoms with Crippen LogP contribution in [0, 0.1) is 0 Å². The second kappa shape index (κ2) is 4.20. The Morgan fingerprint density at radius 3 is 2.30 bits per heavy atom. The maximum atomic E-state index is 11.2. The molecule has 0 rings (SSSR count). The third-order valence-corrected chi connectivity index (χ3v) is 1.63. The molecule has 0 radical (unpaired) electrons. The van der Waals surface area contributed by atoms with Crippen molar-refractivity contribution in [3.63, 3.8) is 0 Å². The number of amides is 1. The van der Waals surface area contributed by atoms with Crippen molar-refractivity contribution in [1.82, 2.24) is 4.72 Å². The second-order valence-electron chi connectivity index (χ2n) is 1.01. The van der Waals surface area contributed by atoms with Crippen LogP contribution >= 0.6 is 33.6 Å². The zero-order valence-corrected chi connectivity index (χ0v) is 6.63. The third kappa shape index (κ3) is 6.37. The highest BCUT2D eigenvalue weighted by Crippen LogP contribution is 2.28. The van der Waals surface area contributed by atoms with E-state index >= 15 is 0 Å². The highest BCUT2D eigenvalue weighted by Gasteiger charge is 2.29. The molecule has 0 saturated heterocycles. The monoisotopic (exact) mass is 211 g/mol. The summed E-state index contributed by atoms with van der Waals surface area (Å²) in [6, 6.07) is 0. The van der Waals surface area contributed by atoms with E-state index in [2.05, 4.69) is 0 Å². The summed E-state index contributed by atoms with van der Waals surface area (Å²) in [5.74, 6) is 0. The highest BCUT2D eigenvalue weighted by molar-refractivity contribution is 8.33. The second-order valence-corrected chi connectivity index (χ2v) is 2.87. The summed E-state index contributed by atoms with van der Waals surface area (Å²) in [6.07, 6.45) is 0. The van der Waals surface area contributed by atoms with Gasteiger partial charge in [0.05, 0.1) is 11.9 Å². The van der Waals surface area contributed by atoms with Crippen LogP contribution in [0.2, 0.25) is 0 Å². The summed E-state index contributed by atoms with van der Waals surface area (Å²) in [7, 11) is 4.97. The lowest BCUT2D eigenvalue weighted by molar-refractivity contribution is -0.0333. The van der Waals surface area contributed by atoms with Crippen molar-refractivity contribution >= 4 is 38.8 Å². The fraction of sp³-hybridized carbons (Fsp3) is 0.500. The van der Waals surface area contributed by atoms with Gasteiger partial charge in [0.1, 0.15) is 0 Å². The molecule has 0 unspecified atom stereocenters. The Kier molecular flexibility index (Phi) is 4.30. The molecule has 8 heteroatoms. The van der Waals surface area contributed by atoms with Gasteiger partial charge < -0.3 is 0 Å². The molecular weight excluding hydrogens is 211 g/mol. The van der Waals surface area contributed by atoms with E-state index in [4.69, 9.17) is 10.7 Å². The Balaban J connectivity index is 3.46. The minimum atomic E-state index is -4.46. The topological polar surface area (TPSA) is 29.1 Å². The number of alkyl halides is 3. The fourth-order valence-electron chi connectivity index (χ4n) is 0.115. The standard InChI is InChI=1S/C2HClF3NOS2/c3-9-1(8)7-10-2(4,5)6/h(H,7,8). The normalized spacial score (nSPS) is 11.2. The van der Waals surface area contributed by atoms with Gasteiger partial charge >= 0.3 is 10.7 Å². The molecule has 0 aromatic rings. The molecule has 2 nitrogen and oxygen atoms in total. The molecule has 1 N–H and O–H groups in total. The van der Waals surface area contributed by atoms with Crippen LogP contribution in [0.3, 0.4) is 0 Å². The van der Waals surface area contributed by atoms with Gasteiger partial charge in [0.15, 0.2) is 0 Å². The molecule has 1 amide bonds. The molecule has 0 aliphatic rings. The van der Waals surface area contributed by atoms with Crippen molar-refractivity contribution in [2.75, 3.05) is 0 Å². The van der Waals surface area contributed by atoms with Gasteiger partial charge in [-0.25, -0.2) is 0 Å². The molecule has 0 heterocycles. The molecule has 0 spiro atoms. The fourth-order valence-corrected chi connectivity index (χ4v) is 0.849. The zero-order chi connectivity index (χ0) is 8.20. The van der Waals surface area contributed by atoms with Gasteiger partial charge in [-0.15, -0.1) is 0 Å². The Morgan fingerprint density at radius 2 is 2.00 bits per heavy atom. The van der Waals surface area contributed by atoms with Gasteiger partial charge in [0, 0.05) is 11.0 Å². The van der Waals surface area contributed by atoms with Crippen LogP contribution in [0.5, 0.6) is 0 Å². The Bertz CT molecular complexity index is 128. The van der Waals surface area contributed by atoms with Crippen molar-refractivity contribution in [3.8, 4) is 0 Å². The van der Waals surface area contributed by atoms with Gasteiger partial charge in [-0.2, -0.15) is 13.2 Å².